The molecule has 0 atom stereocenters. The molecule has 15 heavy (non-hydrogen) atoms. The number of nitrogens with zero attached hydrogens (tertiary/aromatic N) is 2. The molecule has 0 N–H and O–H groups in total. The first-order valence-electron chi connectivity index (χ1n) is 3.68. The summed E-state index contributed by atoms with van der Waals surface area (Å²) in [7, 11) is 3.15. The Kier molecular flexibility index (Phi) is 25.2. The summed E-state index contributed by atoms with van der Waals surface area (Å²) in [5.41, 5.74) is 0. The van der Waals surface area contributed by atoms with E-state index in [1.807, 2.05) is 6.92 Å². The molecule has 0 aromatic carbocycles. The first-order chi connectivity index (χ1) is 5.57. The first-order valence-corrected chi connectivity index (χ1v) is 4.06. The van der Waals surface area contributed by atoms with Crippen molar-refractivity contribution in [2.75, 3.05) is 14.1 Å². The van der Waals surface area contributed by atoms with Crippen LogP contribution in [0.15, 0.2) is 5.16 Å². The van der Waals surface area contributed by atoms with Crippen LogP contribution in [0.5, 0.6) is 0 Å². The third-order valence-corrected chi connectivity index (χ3v) is 1.30. The SMILES string of the molecule is CCC/C(Cl)=N/OC(=O)N(C)C.[Ca+2].[Cl-].[Cl-]. The number of amides is 1. The van der Waals surface area contributed by atoms with E-state index in [2.05, 4.69) is 9.99 Å². The molecule has 4 nitrogen and oxygen atoms in total. The summed E-state index contributed by atoms with van der Waals surface area (Å²) in [6, 6.07) is 0. The number of carbonyl (C=O) groups excluding carboxylic acids is 1. The molecular formula is C7H13CaCl3N2O2. The number of oxime groups is 1. The standard InChI is InChI=1S/C7H13ClN2O2.Ca.2ClH/c1-4-5-6(8)9-12-7(11)10(2)3;;;/h4-5H2,1-3H3;;2*1H/q;+2;;/p-2/b9-6-;;;. The van der Waals surface area contributed by atoms with E-state index in [4.69, 9.17) is 11.6 Å². The second kappa shape index (κ2) is 15.1. The van der Waals surface area contributed by atoms with Crippen molar-refractivity contribution >= 4 is 60.6 Å². The molecule has 0 spiro atoms. The molecule has 0 fully saturated rings. The van der Waals surface area contributed by atoms with Crippen LogP contribution in [0.2, 0.25) is 0 Å². The minimum atomic E-state index is -0.524. The summed E-state index contributed by atoms with van der Waals surface area (Å²) in [4.78, 5) is 16.5. The molecule has 0 aliphatic carbocycles. The summed E-state index contributed by atoms with van der Waals surface area (Å²) in [5, 5.41) is 3.74. The maximum atomic E-state index is 10.8. The average molecular weight is 304 g/mol. The molecule has 86 valence electrons. The van der Waals surface area contributed by atoms with Crippen molar-refractivity contribution in [2.24, 2.45) is 5.16 Å². The Hall–Kier alpha value is 1.07. The van der Waals surface area contributed by atoms with Gasteiger partial charge in [0.05, 0.1) is 0 Å². The third kappa shape index (κ3) is 15.1. The van der Waals surface area contributed by atoms with Crippen molar-refractivity contribution in [3.63, 3.8) is 0 Å². The first kappa shape index (κ1) is 25.1. The largest absolute Gasteiger partial charge is 2.00 e. The van der Waals surface area contributed by atoms with Gasteiger partial charge in [0.25, 0.3) is 0 Å². The van der Waals surface area contributed by atoms with Gasteiger partial charge in [-0.25, -0.2) is 4.79 Å². The Morgan fingerprint density at radius 1 is 1.40 bits per heavy atom. The van der Waals surface area contributed by atoms with Gasteiger partial charge in [0, 0.05) is 20.5 Å². The van der Waals surface area contributed by atoms with Crippen LogP contribution in [-0.2, 0) is 4.84 Å². The molecule has 0 heterocycles. The van der Waals surface area contributed by atoms with E-state index in [0.29, 0.717) is 11.6 Å². The predicted octanol–water partition coefficient (Wildman–Crippen LogP) is -4.34. The van der Waals surface area contributed by atoms with Gasteiger partial charge in [-0.2, -0.15) is 0 Å². The van der Waals surface area contributed by atoms with E-state index < -0.39 is 6.09 Å². The maximum absolute atomic E-state index is 10.8. The Labute approximate surface area is 138 Å². The van der Waals surface area contributed by atoms with Crippen LogP contribution < -0.4 is 24.8 Å². The molecule has 0 saturated heterocycles. The molecule has 0 bridgehead atoms. The zero-order chi connectivity index (χ0) is 9.56. The van der Waals surface area contributed by atoms with Crippen molar-refractivity contribution in [3.8, 4) is 0 Å². The van der Waals surface area contributed by atoms with Gasteiger partial charge in [-0.15, -0.1) is 0 Å². The number of rotatable bonds is 3. The van der Waals surface area contributed by atoms with Gasteiger partial charge in [-0.3, -0.25) is 4.84 Å². The van der Waals surface area contributed by atoms with Crippen molar-refractivity contribution in [1.29, 1.82) is 0 Å². The van der Waals surface area contributed by atoms with Gasteiger partial charge < -0.3 is 29.7 Å². The van der Waals surface area contributed by atoms with Crippen molar-refractivity contribution in [3.05, 3.63) is 0 Å². The fourth-order valence-corrected chi connectivity index (χ4v) is 0.646. The normalized spacial score (nSPS) is 8.93. The van der Waals surface area contributed by atoms with Gasteiger partial charge in [-0.1, -0.05) is 23.7 Å². The van der Waals surface area contributed by atoms with Crippen LogP contribution in [0.25, 0.3) is 0 Å². The number of carbonyl (C=O) groups is 1. The van der Waals surface area contributed by atoms with Crippen molar-refractivity contribution in [2.45, 2.75) is 19.8 Å². The fourth-order valence-electron chi connectivity index (χ4n) is 0.422. The van der Waals surface area contributed by atoms with Crippen LogP contribution in [0, 0.1) is 0 Å². The molecule has 8 heteroatoms. The molecule has 0 aromatic rings. The summed E-state index contributed by atoms with van der Waals surface area (Å²) in [5.74, 6) is 0. The van der Waals surface area contributed by atoms with Crippen molar-refractivity contribution < 1.29 is 34.4 Å². The minimum Gasteiger partial charge on any atom is -1.00 e. The topological polar surface area (TPSA) is 41.9 Å². The summed E-state index contributed by atoms with van der Waals surface area (Å²) < 4.78 is 0. The molecule has 1 amide bonds. The van der Waals surface area contributed by atoms with Crippen LogP contribution in [-0.4, -0.2) is 68.0 Å². The zero-order valence-electron chi connectivity index (χ0n) is 8.97. The molecule has 0 radical (unpaired) electrons. The average Bonchev–Trinajstić information content (AvgIpc) is 2.00. The van der Waals surface area contributed by atoms with Crippen LogP contribution in [0.4, 0.5) is 4.79 Å². The number of halogens is 3. The quantitative estimate of drug-likeness (QED) is 0.229. The Morgan fingerprint density at radius 3 is 2.20 bits per heavy atom. The summed E-state index contributed by atoms with van der Waals surface area (Å²) in [6.07, 6.45) is 0.980. The Balaban J connectivity index is -0.000000202. The minimum absolute atomic E-state index is 0. The van der Waals surface area contributed by atoms with Gasteiger partial charge in [-0.05, 0) is 6.42 Å². The number of hydrogen-bond donors (Lipinski definition) is 0. The van der Waals surface area contributed by atoms with Crippen LogP contribution in [0.1, 0.15) is 19.8 Å². The Bertz CT molecular complexity index is 191. The van der Waals surface area contributed by atoms with Gasteiger partial charge >= 0.3 is 43.8 Å². The second-order valence-electron chi connectivity index (χ2n) is 2.47. The molecule has 0 aromatic heterocycles. The van der Waals surface area contributed by atoms with Crippen LogP contribution in [0.3, 0.4) is 0 Å². The molecule has 0 aliphatic heterocycles. The second-order valence-corrected chi connectivity index (χ2v) is 2.91. The predicted molar refractivity (Wildman–Crippen MR) is 54.1 cm³/mol. The van der Waals surface area contributed by atoms with Gasteiger partial charge in [0.1, 0.15) is 5.17 Å². The van der Waals surface area contributed by atoms with E-state index in [0.717, 1.165) is 6.42 Å². The molecule has 0 rings (SSSR count). The van der Waals surface area contributed by atoms with E-state index >= 15 is 0 Å². The smallest absolute Gasteiger partial charge is 1.00 e. The molecule has 0 aliphatic rings. The molecular weight excluding hydrogens is 291 g/mol. The van der Waals surface area contributed by atoms with E-state index in [1.54, 1.807) is 14.1 Å². The van der Waals surface area contributed by atoms with Crippen LogP contribution >= 0.6 is 11.6 Å². The summed E-state index contributed by atoms with van der Waals surface area (Å²) in [6.45, 7) is 1.96. The fraction of sp³-hybridized carbons (Fsp3) is 0.714. The Morgan fingerprint density at radius 2 is 1.87 bits per heavy atom. The number of hydrogen-bond acceptors (Lipinski definition) is 3. The van der Waals surface area contributed by atoms with E-state index in [9.17, 15) is 4.79 Å². The monoisotopic (exact) mass is 302 g/mol. The zero-order valence-corrected chi connectivity index (χ0v) is 13.4. The van der Waals surface area contributed by atoms with E-state index in [-0.39, 0.29) is 62.6 Å². The van der Waals surface area contributed by atoms with Crippen molar-refractivity contribution in [1.82, 2.24) is 4.90 Å². The van der Waals surface area contributed by atoms with Gasteiger partial charge in [0.2, 0.25) is 0 Å². The molecule has 0 saturated carbocycles. The molecule has 0 unspecified atom stereocenters. The summed E-state index contributed by atoms with van der Waals surface area (Å²) >= 11 is 5.58. The maximum Gasteiger partial charge on any atom is 2.00 e. The van der Waals surface area contributed by atoms with Gasteiger partial charge in [0.15, 0.2) is 0 Å². The third-order valence-electron chi connectivity index (χ3n) is 1.04. The van der Waals surface area contributed by atoms with E-state index in [1.165, 1.54) is 4.90 Å².